The molecule has 3 aromatic rings. The van der Waals surface area contributed by atoms with E-state index in [2.05, 4.69) is 35.4 Å². The van der Waals surface area contributed by atoms with Crippen LogP contribution in [0.3, 0.4) is 0 Å². The largest absolute Gasteiger partial charge is 0.211 e. The molecule has 4 nitrogen and oxygen atoms in total. The summed E-state index contributed by atoms with van der Waals surface area (Å²) in [6.07, 6.45) is 0.992. The van der Waals surface area contributed by atoms with Gasteiger partial charge in [0.2, 0.25) is 0 Å². The van der Waals surface area contributed by atoms with Crippen LogP contribution in [-0.4, -0.2) is 15.0 Å². The summed E-state index contributed by atoms with van der Waals surface area (Å²) in [6, 6.07) is 18.3. The molecule has 4 heteroatoms. The SMILES string of the molecule is CCc1ccc(-n2nnc(C#N)c2-c2ccccc2C)cc1. The predicted molar refractivity (Wildman–Crippen MR) is 85.6 cm³/mol. The van der Waals surface area contributed by atoms with E-state index in [1.807, 2.05) is 43.3 Å². The van der Waals surface area contributed by atoms with E-state index < -0.39 is 0 Å². The van der Waals surface area contributed by atoms with E-state index in [9.17, 15) is 5.26 Å². The maximum absolute atomic E-state index is 9.35. The number of hydrogen-bond donors (Lipinski definition) is 0. The van der Waals surface area contributed by atoms with Crippen LogP contribution in [0.4, 0.5) is 0 Å². The van der Waals surface area contributed by atoms with E-state index in [1.165, 1.54) is 5.56 Å². The highest BCUT2D eigenvalue weighted by molar-refractivity contribution is 5.70. The first-order chi connectivity index (χ1) is 10.7. The first-order valence-electron chi connectivity index (χ1n) is 7.25. The third-order valence-electron chi connectivity index (χ3n) is 3.77. The van der Waals surface area contributed by atoms with Crippen molar-refractivity contribution < 1.29 is 0 Å². The molecule has 0 bridgehead atoms. The fourth-order valence-electron chi connectivity index (χ4n) is 2.49. The molecular weight excluding hydrogens is 272 g/mol. The predicted octanol–water partition coefficient (Wildman–Crippen LogP) is 3.68. The minimum Gasteiger partial charge on any atom is -0.211 e. The van der Waals surface area contributed by atoms with Crippen LogP contribution in [0.25, 0.3) is 16.9 Å². The molecule has 0 aliphatic heterocycles. The van der Waals surface area contributed by atoms with Crippen LogP contribution in [0.5, 0.6) is 0 Å². The average Bonchev–Trinajstić information content (AvgIpc) is 2.99. The molecule has 0 saturated carbocycles. The summed E-state index contributed by atoms with van der Waals surface area (Å²) in [5.74, 6) is 0. The van der Waals surface area contributed by atoms with Crippen molar-refractivity contribution in [2.24, 2.45) is 0 Å². The molecule has 0 fully saturated rings. The summed E-state index contributed by atoms with van der Waals surface area (Å²) < 4.78 is 1.74. The molecule has 0 aliphatic rings. The molecule has 0 unspecified atom stereocenters. The zero-order valence-electron chi connectivity index (χ0n) is 12.6. The Balaban J connectivity index is 2.19. The molecule has 108 valence electrons. The minimum atomic E-state index is 0.342. The van der Waals surface area contributed by atoms with Gasteiger partial charge in [-0.25, -0.2) is 4.68 Å². The summed E-state index contributed by atoms with van der Waals surface area (Å²) in [5, 5.41) is 17.5. The van der Waals surface area contributed by atoms with Gasteiger partial charge in [-0.15, -0.1) is 5.10 Å². The van der Waals surface area contributed by atoms with Crippen LogP contribution >= 0.6 is 0 Å². The van der Waals surface area contributed by atoms with E-state index in [0.717, 1.165) is 28.9 Å². The lowest BCUT2D eigenvalue weighted by atomic mass is 10.0. The summed E-state index contributed by atoms with van der Waals surface area (Å²) in [4.78, 5) is 0. The second kappa shape index (κ2) is 5.82. The number of benzene rings is 2. The molecule has 0 aliphatic carbocycles. The molecule has 1 aromatic heterocycles. The topological polar surface area (TPSA) is 54.5 Å². The van der Waals surface area contributed by atoms with Crippen LogP contribution in [0.2, 0.25) is 0 Å². The van der Waals surface area contributed by atoms with Gasteiger partial charge in [0, 0.05) is 5.56 Å². The molecule has 22 heavy (non-hydrogen) atoms. The van der Waals surface area contributed by atoms with Crippen LogP contribution in [-0.2, 0) is 6.42 Å². The van der Waals surface area contributed by atoms with Gasteiger partial charge < -0.3 is 0 Å². The Morgan fingerprint density at radius 3 is 2.45 bits per heavy atom. The molecule has 1 heterocycles. The van der Waals surface area contributed by atoms with Crippen molar-refractivity contribution in [3.05, 3.63) is 65.4 Å². The van der Waals surface area contributed by atoms with E-state index in [1.54, 1.807) is 4.68 Å². The summed E-state index contributed by atoms with van der Waals surface area (Å²) in [5.41, 5.74) is 5.32. The van der Waals surface area contributed by atoms with Crippen molar-refractivity contribution in [1.82, 2.24) is 15.0 Å². The van der Waals surface area contributed by atoms with Gasteiger partial charge in [0.1, 0.15) is 11.8 Å². The van der Waals surface area contributed by atoms with E-state index in [-0.39, 0.29) is 0 Å². The quantitative estimate of drug-likeness (QED) is 0.738. The molecule has 0 spiro atoms. The molecule has 0 saturated heterocycles. The number of aromatic nitrogens is 3. The number of hydrogen-bond acceptors (Lipinski definition) is 3. The molecule has 0 amide bonds. The number of rotatable bonds is 3. The third kappa shape index (κ3) is 2.38. The molecule has 0 atom stereocenters. The molecule has 2 aromatic carbocycles. The molecule has 0 radical (unpaired) electrons. The zero-order chi connectivity index (χ0) is 15.5. The Kier molecular flexibility index (Phi) is 3.71. The number of nitrogens with zero attached hydrogens (tertiary/aromatic N) is 4. The maximum atomic E-state index is 9.35. The van der Waals surface area contributed by atoms with Gasteiger partial charge in [-0.05, 0) is 36.6 Å². The lowest BCUT2D eigenvalue weighted by molar-refractivity contribution is 0.806. The van der Waals surface area contributed by atoms with Crippen LogP contribution in [0, 0.1) is 18.3 Å². The third-order valence-corrected chi connectivity index (χ3v) is 3.77. The van der Waals surface area contributed by atoms with E-state index in [4.69, 9.17) is 0 Å². The highest BCUT2D eigenvalue weighted by Gasteiger charge is 2.17. The van der Waals surface area contributed by atoms with Crippen LogP contribution in [0.1, 0.15) is 23.7 Å². The van der Waals surface area contributed by atoms with Gasteiger partial charge in [0.05, 0.1) is 5.69 Å². The fourth-order valence-corrected chi connectivity index (χ4v) is 2.49. The summed E-state index contributed by atoms with van der Waals surface area (Å²) in [6.45, 7) is 4.14. The standard InChI is InChI=1S/C18H16N4/c1-3-14-8-10-15(11-9-14)22-18(17(12-19)20-21-22)16-7-5-4-6-13(16)2/h4-11H,3H2,1-2H3. The van der Waals surface area contributed by atoms with Gasteiger partial charge >= 0.3 is 0 Å². The molecule has 3 rings (SSSR count). The van der Waals surface area contributed by atoms with E-state index in [0.29, 0.717) is 5.69 Å². The van der Waals surface area contributed by atoms with Gasteiger partial charge in [-0.3, -0.25) is 0 Å². The van der Waals surface area contributed by atoms with Crippen molar-refractivity contribution in [1.29, 1.82) is 5.26 Å². The van der Waals surface area contributed by atoms with Crippen LogP contribution < -0.4 is 0 Å². The summed E-state index contributed by atoms with van der Waals surface area (Å²) >= 11 is 0. The fraction of sp³-hybridized carbons (Fsp3) is 0.167. The zero-order valence-corrected chi connectivity index (χ0v) is 12.6. The highest BCUT2D eigenvalue weighted by Crippen LogP contribution is 2.27. The monoisotopic (exact) mass is 288 g/mol. The van der Waals surface area contributed by atoms with Crippen molar-refractivity contribution in [3.63, 3.8) is 0 Å². The Morgan fingerprint density at radius 2 is 1.82 bits per heavy atom. The van der Waals surface area contributed by atoms with Gasteiger partial charge in [0.15, 0.2) is 5.69 Å². The van der Waals surface area contributed by atoms with Crippen molar-refractivity contribution in [3.8, 4) is 23.0 Å². The van der Waals surface area contributed by atoms with Gasteiger partial charge in [-0.1, -0.05) is 48.5 Å². The Hall–Kier alpha value is -2.93. The van der Waals surface area contributed by atoms with Crippen molar-refractivity contribution in [2.75, 3.05) is 0 Å². The number of nitriles is 1. The van der Waals surface area contributed by atoms with Gasteiger partial charge in [-0.2, -0.15) is 5.26 Å². The maximum Gasteiger partial charge on any atom is 0.191 e. The van der Waals surface area contributed by atoms with E-state index >= 15 is 0 Å². The number of aryl methyl sites for hydroxylation is 2. The Morgan fingerprint density at radius 1 is 1.09 bits per heavy atom. The lowest BCUT2D eigenvalue weighted by Crippen LogP contribution is -2.01. The average molecular weight is 288 g/mol. The second-order valence-electron chi connectivity index (χ2n) is 5.15. The van der Waals surface area contributed by atoms with Crippen LogP contribution in [0.15, 0.2) is 48.5 Å². The van der Waals surface area contributed by atoms with Crippen molar-refractivity contribution >= 4 is 0 Å². The highest BCUT2D eigenvalue weighted by atomic mass is 15.4. The smallest absolute Gasteiger partial charge is 0.191 e. The Bertz CT molecular complexity index is 838. The first kappa shape index (κ1) is 14.0. The minimum absolute atomic E-state index is 0.342. The molecule has 0 N–H and O–H groups in total. The second-order valence-corrected chi connectivity index (χ2v) is 5.15. The van der Waals surface area contributed by atoms with Crippen molar-refractivity contribution in [2.45, 2.75) is 20.3 Å². The molecular formula is C18H16N4. The lowest BCUT2D eigenvalue weighted by Gasteiger charge is -2.09. The Labute approximate surface area is 129 Å². The first-order valence-corrected chi connectivity index (χ1v) is 7.25. The summed E-state index contributed by atoms with van der Waals surface area (Å²) in [7, 11) is 0. The normalized spacial score (nSPS) is 10.4. The van der Waals surface area contributed by atoms with Gasteiger partial charge in [0.25, 0.3) is 0 Å².